The Morgan fingerprint density at radius 2 is 2.18 bits per heavy atom. The number of carbonyl (C=O) groups excluding carboxylic acids is 1. The third kappa shape index (κ3) is 3.10. The van der Waals surface area contributed by atoms with Crippen LogP contribution >= 0.6 is 22.6 Å². The van der Waals surface area contributed by atoms with Crippen LogP contribution in [0.5, 0.6) is 0 Å². The zero-order chi connectivity index (χ0) is 12.3. The summed E-state index contributed by atoms with van der Waals surface area (Å²) in [5.74, 6) is 0. The second kappa shape index (κ2) is 5.68. The highest BCUT2D eigenvalue weighted by atomic mass is 127. The molecule has 1 aromatic carbocycles. The normalized spacial score (nSPS) is 19.4. The minimum Gasteiger partial charge on any atom is -0.394 e. The number of rotatable bonds is 2. The Hall–Kier alpha value is -0.820. The van der Waals surface area contributed by atoms with Crippen LogP contribution in [0.1, 0.15) is 12.8 Å². The van der Waals surface area contributed by atoms with E-state index in [1.54, 1.807) is 4.90 Å². The van der Waals surface area contributed by atoms with Crippen LogP contribution in [0.15, 0.2) is 24.3 Å². The SMILES string of the molecule is O=C(Nc1ccc(I)cc1)N1CCC[C@H]1CO. The number of carbonyl (C=O) groups is 1. The molecule has 5 heteroatoms. The predicted octanol–water partition coefficient (Wildman–Crippen LogP) is 2.28. The fourth-order valence-electron chi connectivity index (χ4n) is 2.02. The molecule has 17 heavy (non-hydrogen) atoms. The molecular weight excluding hydrogens is 331 g/mol. The predicted molar refractivity (Wildman–Crippen MR) is 75.0 cm³/mol. The highest BCUT2D eigenvalue weighted by Crippen LogP contribution is 2.18. The molecule has 1 fully saturated rings. The first-order valence-corrected chi connectivity index (χ1v) is 6.72. The lowest BCUT2D eigenvalue weighted by molar-refractivity contribution is 0.166. The van der Waals surface area contributed by atoms with E-state index in [1.165, 1.54) is 0 Å². The zero-order valence-corrected chi connectivity index (χ0v) is 11.6. The van der Waals surface area contributed by atoms with Gasteiger partial charge in [0.25, 0.3) is 0 Å². The molecule has 1 atom stereocenters. The summed E-state index contributed by atoms with van der Waals surface area (Å²) in [5.41, 5.74) is 0.791. The van der Waals surface area contributed by atoms with E-state index in [-0.39, 0.29) is 18.7 Å². The van der Waals surface area contributed by atoms with Crippen LogP contribution in [0.2, 0.25) is 0 Å². The third-order valence-corrected chi connectivity index (χ3v) is 3.66. The van der Waals surface area contributed by atoms with Gasteiger partial charge in [-0.3, -0.25) is 0 Å². The standard InChI is InChI=1S/C12H15IN2O2/c13-9-3-5-10(6-4-9)14-12(17)15-7-1-2-11(15)8-16/h3-6,11,16H,1-2,7-8H2,(H,14,17)/t11-/m0/s1. The Bertz CT molecular complexity index is 394. The number of aliphatic hydroxyl groups excluding tert-OH is 1. The molecule has 4 nitrogen and oxygen atoms in total. The van der Waals surface area contributed by atoms with Crippen LogP contribution in [-0.4, -0.2) is 35.2 Å². The summed E-state index contributed by atoms with van der Waals surface area (Å²) in [6, 6.07) is 7.50. The zero-order valence-electron chi connectivity index (χ0n) is 9.40. The molecule has 1 aliphatic rings. The molecule has 1 heterocycles. The number of benzene rings is 1. The monoisotopic (exact) mass is 346 g/mol. The molecule has 2 N–H and O–H groups in total. The molecular formula is C12H15IN2O2. The molecule has 2 rings (SSSR count). The van der Waals surface area contributed by atoms with Crippen molar-refractivity contribution in [3.8, 4) is 0 Å². The number of amides is 2. The van der Waals surface area contributed by atoms with Crippen molar-refractivity contribution in [2.75, 3.05) is 18.5 Å². The first-order chi connectivity index (χ1) is 8.20. The Balaban J connectivity index is 1.99. The molecule has 92 valence electrons. The van der Waals surface area contributed by atoms with Gasteiger partial charge < -0.3 is 15.3 Å². The van der Waals surface area contributed by atoms with Gasteiger partial charge in [-0.1, -0.05) is 0 Å². The number of anilines is 1. The van der Waals surface area contributed by atoms with Gasteiger partial charge in [-0.05, 0) is 59.7 Å². The summed E-state index contributed by atoms with van der Waals surface area (Å²) in [7, 11) is 0. The van der Waals surface area contributed by atoms with Gasteiger partial charge in [0.05, 0.1) is 12.6 Å². The highest BCUT2D eigenvalue weighted by Gasteiger charge is 2.27. The fourth-order valence-corrected chi connectivity index (χ4v) is 2.38. The maximum Gasteiger partial charge on any atom is 0.322 e. The topological polar surface area (TPSA) is 52.6 Å². The van der Waals surface area contributed by atoms with Crippen molar-refractivity contribution in [3.63, 3.8) is 0 Å². The Kier molecular flexibility index (Phi) is 4.22. The average molecular weight is 346 g/mol. The second-order valence-corrected chi connectivity index (χ2v) is 5.35. The lowest BCUT2D eigenvalue weighted by atomic mass is 10.2. The Labute approximate surface area is 114 Å². The summed E-state index contributed by atoms with van der Waals surface area (Å²) in [6.07, 6.45) is 1.85. The first kappa shape index (κ1) is 12.6. The molecule has 1 aliphatic heterocycles. The fraction of sp³-hybridized carbons (Fsp3) is 0.417. The lowest BCUT2D eigenvalue weighted by Gasteiger charge is -2.23. The van der Waals surface area contributed by atoms with Gasteiger partial charge in [-0.15, -0.1) is 0 Å². The van der Waals surface area contributed by atoms with Gasteiger partial charge in [0.1, 0.15) is 0 Å². The van der Waals surface area contributed by atoms with E-state index >= 15 is 0 Å². The Morgan fingerprint density at radius 3 is 2.82 bits per heavy atom. The Morgan fingerprint density at radius 1 is 1.47 bits per heavy atom. The minimum atomic E-state index is -0.122. The van der Waals surface area contributed by atoms with Crippen LogP contribution in [0.4, 0.5) is 10.5 Å². The molecule has 1 saturated heterocycles. The minimum absolute atomic E-state index is 0.0288. The number of urea groups is 1. The smallest absolute Gasteiger partial charge is 0.322 e. The molecule has 0 aromatic heterocycles. The number of aliphatic hydroxyl groups is 1. The van der Waals surface area contributed by atoms with E-state index in [2.05, 4.69) is 27.9 Å². The van der Waals surface area contributed by atoms with Crippen molar-refractivity contribution < 1.29 is 9.90 Å². The molecule has 2 amide bonds. The van der Waals surface area contributed by atoms with Crippen LogP contribution in [0.25, 0.3) is 0 Å². The number of hydrogen-bond donors (Lipinski definition) is 2. The maximum atomic E-state index is 12.0. The average Bonchev–Trinajstić information content (AvgIpc) is 2.80. The largest absolute Gasteiger partial charge is 0.394 e. The molecule has 1 aromatic rings. The molecule has 0 radical (unpaired) electrons. The molecule has 0 bridgehead atoms. The highest BCUT2D eigenvalue weighted by molar-refractivity contribution is 14.1. The van der Waals surface area contributed by atoms with Gasteiger partial charge in [0.2, 0.25) is 0 Å². The summed E-state index contributed by atoms with van der Waals surface area (Å²) < 4.78 is 1.13. The van der Waals surface area contributed by atoms with Gasteiger partial charge in [0.15, 0.2) is 0 Å². The van der Waals surface area contributed by atoms with Gasteiger partial charge in [0, 0.05) is 15.8 Å². The third-order valence-electron chi connectivity index (χ3n) is 2.94. The van der Waals surface area contributed by atoms with Crippen molar-refractivity contribution >= 4 is 34.3 Å². The summed E-state index contributed by atoms with van der Waals surface area (Å²) in [6.45, 7) is 0.765. The number of halogens is 1. The van der Waals surface area contributed by atoms with Crippen LogP contribution < -0.4 is 5.32 Å². The van der Waals surface area contributed by atoms with Crippen molar-refractivity contribution in [1.82, 2.24) is 4.90 Å². The quantitative estimate of drug-likeness (QED) is 0.808. The van der Waals surface area contributed by atoms with Gasteiger partial charge >= 0.3 is 6.03 Å². The van der Waals surface area contributed by atoms with Crippen LogP contribution in [0.3, 0.4) is 0 Å². The van der Waals surface area contributed by atoms with Crippen molar-refractivity contribution in [1.29, 1.82) is 0 Å². The first-order valence-electron chi connectivity index (χ1n) is 5.65. The van der Waals surface area contributed by atoms with Gasteiger partial charge in [-0.2, -0.15) is 0 Å². The number of likely N-dealkylation sites (tertiary alicyclic amines) is 1. The molecule has 0 saturated carbocycles. The van der Waals surface area contributed by atoms with E-state index in [0.29, 0.717) is 0 Å². The van der Waals surface area contributed by atoms with Crippen molar-refractivity contribution in [2.24, 2.45) is 0 Å². The van der Waals surface area contributed by atoms with E-state index in [9.17, 15) is 4.79 Å². The number of nitrogens with zero attached hydrogens (tertiary/aromatic N) is 1. The molecule has 0 spiro atoms. The second-order valence-electron chi connectivity index (χ2n) is 4.11. The van der Waals surface area contributed by atoms with Crippen molar-refractivity contribution in [2.45, 2.75) is 18.9 Å². The summed E-state index contributed by atoms with van der Waals surface area (Å²) in [4.78, 5) is 13.7. The van der Waals surface area contributed by atoms with Gasteiger partial charge in [-0.25, -0.2) is 4.79 Å². The molecule has 0 aliphatic carbocycles. The maximum absolute atomic E-state index is 12.0. The summed E-state index contributed by atoms with van der Waals surface area (Å²) >= 11 is 2.22. The van der Waals surface area contributed by atoms with Crippen molar-refractivity contribution in [3.05, 3.63) is 27.8 Å². The van der Waals surface area contributed by atoms with Crippen LogP contribution in [0, 0.1) is 3.57 Å². The van der Waals surface area contributed by atoms with E-state index in [4.69, 9.17) is 5.11 Å². The summed E-state index contributed by atoms with van der Waals surface area (Å²) in [5, 5.41) is 12.0. The van der Waals surface area contributed by atoms with E-state index in [1.807, 2.05) is 24.3 Å². The number of nitrogens with one attached hydrogen (secondary N) is 1. The van der Waals surface area contributed by atoms with E-state index in [0.717, 1.165) is 28.6 Å². The lowest BCUT2D eigenvalue weighted by Crippen LogP contribution is -2.40. The molecule has 0 unspecified atom stereocenters. The number of hydrogen-bond acceptors (Lipinski definition) is 2. The van der Waals surface area contributed by atoms with Crippen LogP contribution in [-0.2, 0) is 0 Å². The van der Waals surface area contributed by atoms with E-state index < -0.39 is 0 Å².